The Balaban J connectivity index is 2.55. The molecule has 1 heterocycles. The highest BCUT2D eigenvalue weighted by Gasteiger charge is 2.38. The van der Waals surface area contributed by atoms with Crippen LogP contribution in [0, 0.1) is 5.92 Å². The van der Waals surface area contributed by atoms with Gasteiger partial charge in [0.2, 0.25) is 0 Å². The van der Waals surface area contributed by atoms with Gasteiger partial charge in [-0.3, -0.25) is 0 Å². The fourth-order valence-corrected chi connectivity index (χ4v) is 2.43. The zero-order valence-corrected chi connectivity index (χ0v) is 11.4. The standard InChI is InChI=1S/C14H16F3NO3/c1-20-13(19)10-6-9(8-4-5-21-7-8)11(14(15,16)17)2-3-12(10)18/h2-3,6,8,12H,4-5,7,18H2,1H3. The van der Waals surface area contributed by atoms with Crippen molar-refractivity contribution in [3.8, 4) is 0 Å². The molecule has 0 spiro atoms. The average Bonchev–Trinajstić information content (AvgIpc) is 2.87. The zero-order chi connectivity index (χ0) is 15.6. The van der Waals surface area contributed by atoms with Crippen molar-refractivity contribution in [2.24, 2.45) is 11.7 Å². The third kappa shape index (κ3) is 3.36. The lowest BCUT2D eigenvalue weighted by Crippen LogP contribution is -2.26. The van der Waals surface area contributed by atoms with E-state index in [0.717, 1.165) is 19.3 Å². The predicted molar refractivity (Wildman–Crippen MR) is 69.2 cm³/mol. The topological polar surface area (TPSA) is 61.5 Å². The van der Waals surface area contributed by atoms with E-state index in [1.807, 2.05) is 0 Å². The molecule has 2 rings (SSSR count). The van der Waals surface area contributed by atoms with Crippen molar-refractivity contribution in [3.63, 3.8) is 0 Å². The van der Waals surface area contributed by atoms with E-state index in [0.29, 0.717) is 13.0 Å². The van der Waals surface area contributed by atoms with E-state index in [-0.39, 0.29) is 17.8 Å². The van der Waals surface area contributed by atoms with Crippen molar-refractivity contribution in [1.29, 1.82) is 0 Å². The van der Waals surface area contributed by atoms with E-state index < -0.39 is 29.7 Å². The fraction of sp³-hybridized carbons (Fsp3) is 0.500. The van der Waals surface area contributed by atoms with Crippen LogP contribution < -0.4 is 5.73 Å². The van der Waals surface area contributed by atoms with Crippen molar-refractivity contribution >= 4 is 5.97 Å². The summed E-state index contributed by atoms with van der Waals surface area (Å²) in [6.07, 6.45) is -0.739. The van der Waals surface area contributed by atoms with Gasteiger partial charge in [-0.05, 0) is 18.1 Å². The highest BCUT2D eigenvalue weighted by molar-refractivity contribution is 5.91. The molecule has 0 aromatic rings. The van der Waals surface area contributed by atoms with E-state index in [4.69, 9.17) is 10.5 Å². The minimum atomic E-state index is -4.52. The largest absolute Gasteiger partial charge is 0.466 e. The van der Waals surface area contributed by atoms with Crippen LogP contribution in [0.2, 0.25) is 0 Å². The number of allylic oxidation sites excluding steroid dienone is 3. The van der Waals surface area contributed by atoms with Crippen LogP contribution in [0.3, 0.4) is 0 Å². The second kappa shape index (κ2) is 6.03. The number of carbonyl (C=O) groups is 1. The van der Waals surface area contributed by atoms with Gasteiger partial charge in [-0.15, -0.1) is 0 Å². The number of halogens is 3. The lowest BCUT2D eigenvalue weighted by atomic mass is 9.91. The summed E-state index contributed by atoms with van der Waals surface area (Å²) in [5.41, 5.74) is 5.00. The zero-order valence-electron chi connectivity index (χ0n) is 11.4. The van der Waals surface area contributed by atoms with Crippen LogP contribution in [0.4, 0.5) is 13.2 Å². The molecule has 0 aromatic carbocycles. The molecule has 2 unspecified atom stereocenters. The highest BCUT2D eigenvalue weighted by atomic mass is 19.4. The molecule has 0 aromatic heterocycles. The Morgan fingerprint density at radius 1 is 1.48 bits per heavy atom. The van der Waals surface area contributed by atoms with Crippen LogP contribution in [0.25, 0.3) is 0 Å². The quantitative estimate of drug-likeness (QED) is 0.791. The molecule has 0 saturated carbocycles. The van der Waals surface area contributed by atoms with E-state index in [1.165, 1.54) is 6.08 Å². The number of esters is 1. The third-order valence-electron chi connectivity index (χ3n) is 3.55. The number of nitrogens with two attached hydrogens (primary N) is 1. The normalized spacial score (nSPS) is 26.6. The number of methoxy groups -OCH3 is 1. The van der Waals surface area contributed by atoms with Crippen molar-refractivity contribution in [2.45, 2.75) is 18.6 Å². The number of ether oxygens (including phenoxy) is 2. The maximum Gasteiger partial charge on any atom is 0.416 e. The minimum Gasteiger partial charge on any atom is -0.466 e. The highest BCUT2D eigenvalue weighted by Crippen LogP contribution is 2.37. The summed E-state index contributed by atoms with van der Waals surface area (Å²) < 4.78 is 49.4. The minimum absolute atomic E-state index is 0.00917. The number of carbonyl (C=O) groups excluding carboxylic acids is 1. The number of hydrogen-bond acceptors (Lipinski definition) is 4. The molecule has 116 valence electrons. The van der Waals surface area contributed by atoms with Gasteiger partial charge in [-0.1, -0.05) is 12.2 Å². The van der Waals surface area contributed by atoms with E-state index in [2.05, 4.69) is 4.74 Å². The molecule has 1 aliphatic carbocycles. The van der Waals surface area contributed by atoms with Crippen molar-refractivity contribution in [2.75, 3.05) is 20.3 Å². The SMILES string of the molecule is COC(=O)C1=CC(C2CCOC2)=C(C(F)(F)F)C=CC1N. The van der Waals surface area contributed by atoms with Gasteiger partial charge in [0.1, 0.15) is 0 Å². The van der Waals surface area contributed by atoms with Gasteiger partial charge in [0.25, 0.3) is 0 Å². The molecule has 1 aliphatic heterocycles. The van der Waals surface area contributed by atoms with Crippen LogP contribution >= 0.6 is 0 Å². The van der Waals surface area contributed by atoms with Crippen molar-refractivity contribution in [1.82, 2.24) is 0 Å². The maximum atomic E-state index is 13.2. The molecule has 2 aliphatic rings. The fourth-order valence-electron chi connectivity index (χ4n) is 2.43. The molecule has 7 heteroatoms. The van der Waals surface area contributed by atoms with Gasteiger partial charge in [-0.25, -0.2) is 4.79 Å². The monoisotopic (exact) mass is 303 g/mol. The summed E-state index contributed by atoms with van der Waals surface area (Å²) in [5, 5.41) is 0. The molecule has 0 amide bonds. The summed E-state index contributed by atoms with van der Waals surface area (Å²) in [7, 11) is 1.16. The Labute approximate surface area is 120 Å². The molecular weight excluding hydrogens is 287 g/mol. The molecular formula is C14H16F3NO3. The van der Waals surface area contributed by atoms with Crippen LogP contribution in [0.1, 0.15) is 6.42 Å². The van der Waals surface area contributed by atoms with Gasteiger partial charge >= 0.3 is 12.1 Å². The summed E-state index contributed by atoms with van der Waals surface area (Å²) in [6, 6.07) is -0.936. The van der Waals surface area contributed by atoms with Crippen LogP contribution in [-0.2, 0) is 14.3 Å². The molecule has 4 nitrogen and oxygen atoms in total. The molecule has 0 radical (unpaired) electrons. The molecule has 2 atom stereocenters. The molecule has 2 N–H and O–H groups in total. The smallest absolute Gasteiger partial charge is 0.416 e. The summed E-state index contributed by atoms with van der Waals surface area (Å²) in [4.78, 5) is 11.7. The number of alkyl halides is 3. The van der Waals surface area contributed by atoms with E-state index in [1.54, 1.807) is 0 Å². The van der Waals surface area contributed by atoms with Gasteiger partial charge in [0, 0.05) is 12.5 Å². The first kappa shape index (κ1) is 15.8. The Morgan fingerprint density at radius 3 is 2.71 bits per heavy atom. The molecule has 1 fully saturated rings. The summed E-state index contributed by atoms with van der Waals surface area (Å²) in [6.45, 7) is 0.597. The maximum absolute atomic E-state index is 13.2. The molecule has 21 heavy (non-hydrogen) atoms. The van der Waals surface area contributed by atoms with Crippen molar-refractivity contribution in [3.05, 3.63) is 34.9 Å². The lowest BCUT2D eigenvalue weighted by molar-refractivity contribution is -0.136. The van der Waals surface area contributed by atoms with Gasteiger partial charge in [0.05, 0.1) is 30.9 Å². The van der Waals surface area contributed by atoms with Crippen LogP contribution in [-0.4, -0.2) is 38.5 Å². The first-order valence-electron chi connectivity index (χ1n) is 6.47. The Kier molecular flexibility index (Phi) is 4.53. The number of rotatable bonds is 2. The van der Waals surface area contributed by atoms with Crippen molar-refractivity contribution < 1.29 is 27.4 Å². The Bertz CT molecular complexity index is 514. The van der Waals surface area contributed by atoms with E-state index >= 15 is 0 Å². The molecule has 0 bridgehead atoms. The average molecular weight is 303 g/mol. The van der Waals surface area contributed by atoms with Crippen LogP contribution in [0.5, 0.6) is 0 Å². The first-order chi connectivity index (χ1) is 9.84. The van der Waals surface area contributed by atoms with Crippen LogP contribution in [0.15, 0.2) is 34.9 Å². The Hall–Kier alpha value is -1.60. The summed E-state index contributed by atoms with van der Waals surface area (Å²) in [5.74, 6) is -1.14. The van der Waals surface area contributed by atoms with Gasteiger partial charge in [-0.2, -0.15) is 13.2 Å². The van der Waals surface area contributed by atoms with E-state index in [9.17, 15) is 18.0 Å². The molecule has 1 saturated heterocycles. The predicted octanol–water partition coefficient (Wildman–Crippen LogP) is 1.88. The van der Waals surface area contributed by atoms with Gasteiger partial charge < -0.3 is 15.2 Å². The second-order valence-corrected chi connectivity index (χ2v) is 4.90. The third-order valence-corrected chi connectivity index (χ3v) is 3.55. The summed E-state index contributed by atoms with van der Waals surface area (Å²) >= 11 is 0. The van der Waals surface area contributed by atoms with Gasteiger partial charge in [0.15, 0.2) is 0 Å². The Morgan fingerprint density at radius 2 is 2.19 bits per heavy atom. The second-order valence-electron chi connectivity index (χ2n) is 4.90. The lowest BCUT2D eigenvalue weighted by Gasteiger charge is -2.17. The number of hydrogen-bond donors (Lipinski definition) is 1. The first-order valence-corrected chi connectivity index (χ1v) is 6.47.